The third-order valence-corrected chi connectivity index (χ3v) is 6.18. The Morgan fingerprint density at radius 2 is 1.96 bits per heavy atom. The third kappa shape index (κ3) is 3.43. The predicted molar refractivity (Wildman–Crippen MR) is 107 cm³/mol. The first-order valence-electron chi connectivity index (χ1n) is 8.92. The van der Waals surface area contributed by atoms with Gasteiger partial charge in [0.1, 0.15) is 23.2 Å². The van der Waals surface area contributed by atoms with Crippen molar-refractivity contribution in [3.8, 4) is 11.5 Å². The SMILES string of the molecule is CC1(C)Oc2cc(CCCCI)cc(O)c2C2=C1CC[C@@](C)(O)[C@@H]2O. The van der Waals surface area contributed by atoms with Gasteiger partial charge in [-0.3, -0.25) is 0 Å². The number of alkyl halides is 1. The molecule has 0 unspecified atom stereocenters. The average molecular weight is 458 g/mol. The monoisotopic (exact) mass is 458 g/mol. The van der Waals surface area contributed by atoms with Gasteiger partial charge in [-0.05, 0) is 80.6 Å². The summed E-state index contributed by atoms with van der Waals surface area (Å²) in [7, 11) is 0. The minimum absolute atomic E-state index is 0.127. The molecule has 3 rings (SSSR count). The topological polar surface area (TPSA) is 69.9 Å². The highest BCUT2D eigenvalue weighted by Gasteiger charge is 2.47. The van der Waals surface area contributed by atoms with Crippen LogP contribution >= 0.6 is 22.6 Å². The van der Waals surface area contributed by atoms with E-state index >= 15 is 0 Å². The number of rotatable bonds is 4. The summed E-state index contributed by atoms with van der Waals surface area (Å²) in [5.74, 6) is 0.728. The number of phenolic OH excluding ortho intramolecular Hbond substituents is 1. The number of hydrogen-bond acceptors (Lipinski definition) is 4. The zero-order chi connectivity index (χ0) is 18.4. The van der Waals surface area contributed by atoms with E-state index in [1.54, 1.807) is 13.0 Å². The molecule has 3 N–H and O–H groups in total. The molecular weight excluding hydrogens is 431 g/mol. The van der Waals surface area contributed by atoms with Crippen LogP contribution in [0.5, 0.6) is 11.5 Å². The number of aliphatic hydroxyl groups excluding tert-OH is 1. The van der Waals surface area contributed by atoms with E-state index in [2.05, 4.69) is 22.6 Å². The van der Waals surface area contributed by atoms with Crippen LogP contribution in [-0.2, 0) is 6.42 Å². The molecule has 0 fully saturated rings. The number of benzene rings is 1. The number of aliphatic hydroxyl groups is 2. The molecule has 1 heterocycles. The molecule has 0 saturated heterocycles. The van der Waals surface area contributed by atoms with Crippen LogP contribution in [-0.4, -0.2) is 37.1 Å². The average Bonchev–Trinajstić information content (AvgIpc) is 2.50. The molecule has 0 bridgehead atoms. The van der Waals surface area contributed by atoms with E-state index in [1.165, 1.54) is 0 Å². The Kier molecular flexibility index (Phi) is 5.12. The number of ether oxygens (including phenoxy) is 1. The number of halogens is 1. The van der Waals surface area contributed by atoms with Crippen LogP contribution < -0.4 is 4.74 Å². The lowest BCUT2D eigenvalue weighted by Crippen LogP contribution is -2.48. The molecule has 0 spiro atoms. The van der Waals surface area contributed by atoms with Gasteiger partial charge < -0.3 is 20.1 Å². The molecule has 2 atom stereocenters. The first-order valence-corrected chi connectivity index (χ1v) is 10.4. The summed E-state index contributed by atoms with van der Waals surface area (Å²) in [4.78, 5) is 0. The second kappa shape index (κ2) is 6.74. The van der Waals surface area contributed by atoms with Crippen LogP contribution in [0.3, 0.4) is 0 Å². The van der Waals surface area contributed by atoms with Gasteiger partial charge in [0, 0.05) is 5.57 Å². The predicted octanol–water partition coefficient (Wildman–Crippen LogP) is 3.98. The molecule has 5 heteroatoms. The van der Waals surface area contributed by atoms with Crippen LogP contribution in [0.4, 0.5) is 0 Å². The van der Waals surface area contributed by atoms with E-state index in [0.29, 0.717) is 29.7 Å². The molecule has 138 valence electrons. The van der Waals surface area contributed by atoms with Crippen LogP contribution in [0.15, 0.2) is 17.7 Å². The second-order valence-electron chi connectivity index (χ2n) is 7.90. The molecule has 0 saturated carbocycles. The van der Waals surface area contributed by atoms with Gasteiger partial charge in [-0.15, -0.1) is 0 Å². The van der Waals surface area contributed by atoms with E-state index in [-0.39, 0.29) is 5.75 Å². The van der Waals surface area contributed by atoms with Gasteiger partial charge in [0.05, 0.1) is 11.2 Å². The van der Waals surface area contributed by atoms with Crippen LogP contribution in [0, 0.1) is 0 Å². The van der Waals surface area contributed by atoms with Crippen molar-refractivity contribution in [2.75, 3.05) is 4.43 Å². The van der Waals surface area contributed by atoms with Gasteiger partial charge in [0.2, 0.25) is 0 Å². The maximum atomic E-state index is 10.8. The van der Waals surface area contributed by atoms with E-state index in [1.807, 2.05) is 19.9 Å². The Balaban J connectivity index is 2.09. The second-order valence-corrected chi connectivity index (χ2v) is 8.98. The Bertz CT molecular complexity index is 706. The minimum atomic E-state index is -1.20. The van der Waals surface area contributed by atoms with Crippen LogP contribution in [0.25, 0.3) is 5.57 Å². The first kappa shape index (κ1) is 19.0. The fraction of sp³-hybridized carbons (Fsp3) is 0.600. The summed E-state index contributed by atoms with van der Waals surface area (Å²) in [6.45, 7) is 5.62. The van der Waals surface area contributed by atoms with E-state index in [9.17, 15) is 15.3 Å². The maximum Gasteiger partial charge on any atom is 0.132 e. The lowest BCUT2D eigenvalue weighted by Gasteiger charge is -2.45. The van der Waals surface area contributed by atoms with Gasteiger partial charge in [-0.25, -0.2) is 0 Å². The van der Waals surface area contributed by atoms with Crippen LogP contribution in [0.2, 0.25) is 0 Å². The number of phenols is 1. The van der Waals surface area contributed by atoms with E-state index in [0.717, 1.165) is 34.8 Å². The number of aromatic hydroxyl groups is 1. The fourth-order valence-corrected chi connectivity index (χ4v) is 4.49. The maximum absolute atomic E-state index is 10.8. The molecule has 0 radical (unpaired) electrons. The lowest BCUT2D eigenvalue weighted by molar-refractivity contribution is -0.0476. The quantitative estimate of drug-likeness (QED) is 0.363. The fourth-order valence-electron chi connectivity index (χ4n) is 3.95. The van der Waals surface area contributed by atoms with Crippen molar-refractivity contribution < 1.29 is 20.1 Å². The zero-order valence-electron chi connectivity index (χ0n) is 15.1. The van der Waals surface area contributed by atoms with Crippen molar-refractivity contribution in [1.82, 2.24) is 0 Å². The highest BCUT2D eigenvalue weighted by Crippen LogP contribution is 2.52. The van der Waals surface area contributed by atoms with Gasteiger partial charge >= 0.3 is 0 Å². The number of hydrogen-bond donors (Lipinski definition) is 3. The van der Waals surface area contributed by atoms with Crippen molar-refractivity contribution in [2.45, 2.75) is 70.2 Å². The Hall–Kier alpha value is -0.790. The Morgan fingerprint density at radius 3 is 2.64 bits per heavy atom. The first-order chi connectivity index (χ1) is 11.7. The van der Waals surface area contributed by atoms with Gasteiger partial charge in [0.25, 0.3) is 0 Å². The Morgan fingerprint density at radius 1 is 1.24 bits per heavy atom. The minimum Gasteiger partial charge on any atom is -0.507 e. The molecule has 1 aromatic carbocycles. The van der Waals surface area contributed by atoms with Crippen molar-refractivity contribution in [3.05, 3.63) is 28.8 Å². The molecule has 1 aromatic rings. The number of unbranched alkanes of at least 4 members (excludes halogenated alkanes) is 1. The lowest BCUT2D eigenvalue weighted by atomic mass is 9.70. The summed E-state index contributed by atoms with van der Waals surface area (Å²) in [6.07, 6.45) is 3.18. The molecule has 1 aliphatic carbocycles. The van der Waals surface area contributed by atoms with Crippen molar-refractivity contribution in [1.29, 1.82) is 0 Å². The highest BCUT2D eigenvalue weighted by atomic mass is 127. The Labute approximate surface area is 163 Å². The molecular formula is C20H27IO4. The molecule has 4 nitrogen and oxygen atoms in total. The smallest absolute Gasteiger partial charge is 0.132 e. The van der Waals surface area contributed by atoms with Gasteiger partial charge in [-0.2, -0.15) is 0 Å². The molecule has 1 aliphatic heterocycles. The standard InChI is InChI=1S/C20H27IO4/c1-19(2)13-7-8-20(3,24)18(23)16(13)17-14(22)10-12(6-4-5-9-21)11-15(17)25-19/h10-11,18,22-24H,4-9H2,1-3H3/t18-,20-/m1/s1. The van der Waals surface area contributed by atoms with Crippen molar-refractivity contribution in [2.24, 2.45) is 0 Å². The zero-order valence-corrected chi connectivity index (χ0v) is 17.3. The summed E-state index contributed by atoms with van der Waals surface area (Å²) < 4.78 is 7.34. The number of aryl methyl sites for hydroxylation is 1. The van der Waals surface area contributed by atoms with Gasteiger partial charge in [0.15, 0.2) is 0 Å². The third-order valence-electron chi connectivity index (χ3n) is 5.42. The summed E-state index contributed by atoms with van der Waals surface area (Å²) in [6, 6.07) is 3.75. The molecule has 25 heavy (non-hydrogen) atoms. The van der Waals surface area contributed by atoms with Gasteiger partial charge in [-0.1, -0.05) is 22.6 Å². The van der Waals surface area contributed by atoms with E-state index < -0.39 is 17.3 Å². The van der Waals surface area contributed by atoms with E-state index in [4.69, 9.17) is 4.74 Å². The summed E-state index contributed by atoms with van der Waals surface area (Å²) in [5.41, 5.74) is 1.42. The van der Waals surface area contributed by atoms with Crippen molar-refractivity contribution in [3.63, 3.8) is 0 Å². The van der Waals surface area contributed by atoms with Crippen LogP contribution in [0.1, 0.15) is 57.6 Å². The summed E-state index contributed by atoms with van der Waals surface area (Å²) in [5, 5.41) is 32.0. The highest BCUT2D eigenvalue weighted by molar-refractivity contribution is 14.1. The normalized spacial score (nSPS) is 27.5. The molecule has 0 amide bonds. The molecule has 0 aromatic heterocycles. The largest absolute Gasteiger partial charge is 0.507 e. The molecule has 2 aliphatic rings. The number of fused-ring (bicyclic) bond motifs is 2. The van der Waals surface area contributed by atoms with Crippen molar-refractivity contribution >= 4 is 28.2 Å². The summed E-state index contributed by atoms with van der Waals surface area (Å²) >= 11 is 2.37.